The normalized spacial score (nSPS) is 11.2. The first kappa shape index (κ1) is 14.0. The number of aromatic nitrogens is 1. The fourth-order valence-electron chi connectivity index (χ4n) is 3.60. The van der Waals surface area contributed by atoms with Crippen LogP contribution in [0.4, 0.5) is 0 Å². The van der Waals surface area contributed by atoms with Gasteiger partial charge in [0, 0.05) is 17.1 Å². The zero-order valence-electron chi connectivity index (χ0n) is 13.5. The van der Waals surface area contributed by atoms with Crippen molar-refractivity contribution in [2.24, 2.45) is 0 Å². The molecule has 1 aromatic heterocycles. The topological polar surface area (TPSA) is 12.9 Å². The van der Waals surface area contributed by atoms with E-state index in [1.807, 2.05) is 12.3 Å². The second-order valence-corrected chi connectivity index (χ2v) is 6.00. The second kappa shape index (κ2) is 5.51. The van der Waals surface area contributed by atoms with Crippen LogP contribution in [0.1, 0.15) is 18.1 Å². The van der Waals surface area contributed by atoms with Crippen LogP contribution < -0.4 is 0 Å². The molecule has 0 N–H and O–H groups in total. The first-order valence-electron chi connectivity index (χ1n) is 8.15. The summed E-state index contributed by atoms with van der Waals surface area (Å²) in [6.45, 7) is 4.45. The lowest BCUT2D eigenvalue weighted by Gasteiger charge is -2.16. The molecule has 0 aliphatic heterocycles. The van der Waals surface area contributed by atoms with Crippen molar-refractivity contribution in [1.29, 1.82) is 0 Å². The SMILES string of the molecule is CCc1c(C)cc2ccccc2c1-c1cccc2cccnc12. The van der Waals surface area contributed by atoms with Crippen molar-refractivity contribution in [1.82, 2.24) is 4.98 Å². The fourth-order valence-corrected chi connectivity index (χ4v) is 3.60. The molecule has 1 nitrogen and oxygen atoms in total. The van der Waals surface area contributed by atoms with Crippen molar-refractivity contribution >= 4 is 21.7 Å². The Labute approximate surface area is 136 Å². The first-order valence-corrected chi connectivity index (χ1v) is 8.15. The van der Waals surface area contributed by atoms with Crippen LogP contribution >= 0.6 is 0 Å². The smallest absolute Gasteiger partial charge is 0.0780 e. The molecule has 0 aliphatic rings. The van der Waals surface area contributed by atoms with Crippen LogP contribution in [0, 0.1) is 6.92 Å². The molecule has 0 atom stereocenters. The number of aryl methyl sites for hydroxylation is 1. The average Bonchev–Trinajstić information content (AvgIpc) is 2.60. The quantitative estimate of drug-likeness (QED) is 0.447. The third-order valence-corrected chi connectivity index (χ3v) is 4.64. The zero-order valence-corrected chi connectivity index (χ0v) is 13.5. The van der Waals surface area contributed by atoms with Crippen LogP contribution in [-0.4, -0.2) is 4.98 Å². The monoisotopic (exact) mass is 297 g/mol. The predicted molar refractivity (Wildman–Crippen MR) is 98.8 cm³/mol. The number of nitrogens with zero attached hydrogens (tertiary/aromatic N) is 1. The van der Waals surface area contributed by atoms with E-state index in [1.54, 1.807) is 0 Å². The molecule has 1 heteroatoms. The summed E-state index contributed by atoms with van der Waals surface area (Å²) in [5, 5.41) is 3.80. The van der Waals surface area contributed by atoms with E-state index < -0.39 is 0 Å². The molecule has 23 heavy (non-hydrogen) atoms. The maximum absolute atomic E-state index is 4.67. The van der Waals surface area contributed by atoms with Gasteiger partial charge >= 0.3 is 0 Å². The molecule has 0 saturated heterocycles. The average molecular weight is 297 g/mol. The minimum absolute atomic E-state index is 1.02. The molecule has 0 unspecified atom stereocenters. The van der Waals surface area contributed by atoms with Crippen LogP contribution in [0.15, 0.2) is 66.9 Å². The molecule has 4 aromatic rings. The van der Waals surface area contributed by atoms with Gasteiger partial charge in [0.1, 0.15) is 0 Å². The number of benzene rings is 3. The van der Waals surface area contributed by atoms with Gasteiger partial charge in [-0.15, -0.1) is 0 Å². The Bertz CT molecular complexity index is 1010. The predicted octanol–water partition coefficient (Wildman–Crippen LogP) is 5.93. The number of hydrogen-bond donors (Lipinski definition) is 0. The minimum atomic E-state index is 1.02. The van der Waals surface area contributed by atoms with Crippen molar-refractivity contribution in [3.05, 3.63) is 78.0 Å². The van der Waals surface area contributed by atoms with Crippen molar-refractivity contribution in [3.63, 3.8) is 0 Å². The lowest BCUT2D eigenvalue weighted by Crippen LogP contribution is -1.95. The molecule has 0 amide bonds. The molecule has 0 bridgehead atoms. The summed E-state index contributed by atoms with van der Waals surface area (Å²) in [7, 11) is 0. The molecule has 3 aromatic carbocycles. The largest absolute Gasteiger partial charge is 0.256 e. The van der Waals surface area contributed by atoms with E-state index in [-0.39, 0.29) is 0 Å². The summed E-state index contributed by atoms with van der Waals surface area (Å²) >= 11 is 0. The number of para-hydroxylation sites is 1. The van der Waals surface area contributed by atoms with E-state index in [4.69, 9.17) is 0 Å². The Hall–Kier alpha value is -2.67. The van der Waals surface area contributed by atoms with Gasteiger partial charge in [-0.05, 0) is 46.9 Å². The molecule has 112 valence electrons. The van der Waals surface area contributed by atoms with Crippen molar-refractivity contribution in [2.75, 3.05) is 0 Å². The van der Waals surface area contributed by atoms with Gasteiger partial charge in [-0.2, -0.15) is 0 Å². The van der Waals surface area contributed by atoms with E-state index in [2.05, 4.69) is 73.4 Å². The third kappa shape index (κ3) is 2.20. The highest BCUT2D eigenvalue weighted by atomic mass is 14.6. The van der Waals surface area contributed by atoms with E-state index in [1.165, 1.54) is 38.4 Å². The number of pyridine rings is 1. The third-order valence-electron chi connectivity index (χ3n) is 4.64. The minimum Gasteiger partial charge on any atom is -0.256 e. The highest BCUT2D eigenvalue weighted by molar-refractivity contribution is 6.05. The van der Waals surface area contributed by atoms with Crippen LogP contribution in [0.5, 0.6) is 0 Å². The van der Waals surface area contributed by atoms with E-state index >= 15 is 0 Å². The van der Waals surface area contributed by atoms with Gasteiger partial charge in [0.05, 0.1) is 5.52 Å². The standard InChI is InChI=1S/C22H19N/c1-3-18-15(2)14-17-8-4-5-11-19(17)21(18)20-12-6-9-16-10-7-13-23-22(16)20/h4-14H,3H2,1-2H3. The van der Waals surface area contributed by atoms with Gasteiger partial charge in [-0.25, -0.2) is 0 Å². The molecule has 0 saturated carbocycles. The molecule has 4 rings (SSSR count). The summed E-state index contributed by atoms with van der Waals surface area (Å²) in [6, 6.07) is 21.6. The van der Waals surface area contributed by atoms with E-state index in [0.717, 1.165) is 11.9 Å². The van der Waals surface area contributed by atoms with Crippen molar-refractivity contribution in [3.8, 4) is 11.1 Å². The molecule has 1 heterocycles. The summed E-state index contributed by atoms with van der Waals surface area (Å²) in [4.78, 5) is 4.67. The number of hydrogen-bond acceptors (Lipinski definition) is 1. The van der Waals surface area contributed by atoms with Gasteiger partial charge in [-0.1, -0.05) is 61.5 Å². The maximum Gasteiger partial charge on any atom is 0.0780 e. The summed E-state index contributed by atoms with van der Waals surface area (Å²) < 4.78 is 0. The summed E-state index contributed by atoms with van der Waals surface area (Å²) in [5.74, 6) is 0. The Balaban J connectivity index is 2.19. The van der Waals surface area contributed by atoms with Crippen LogP contribution in [-0.2, 0) is 6.42 Å². The highest BCUT2D eigenvalue weighted by Gasteiger charge is 2.14. The van der Waals surface area contributed by atoms with Gasteiger partial charge in [0.15, 0.2) is 0 Å². The molecule has 0 radical (unpaired) electrons. The van der Waals surface area contributed by atoms with Gasteiger partial charge < -0.3 is 0 Å². The van der Waals surface area contributed by atoms with Gasteiger partial charge in [0.2, 0.25) is 0 Å². The molecule has 0 spiro atoms. The van der Waals surface area contributed by atoms with E-state index in [9.17, 15) is 0 Å². The van der Waals surface area contributed by atoms with Gasteiger partial charge in [-0.3, -0.25) is 4.98 Å². The lowest BCUT2D eigenvalue weighted by atomic mass is 9.88. The van der Waals surface area contributed by atoms with Crippen LogP contribution in [0.3, 0.4) is 0 Å². The number of fused-ring (bicyclic) bond motifs is 2. The Morgan fingerprint density at radius 2 is 1.65 bits per heavy atom. The Morgan fingerprint density at radius 3 is 2.52 bits per heavy atom. The summed E-state index contributed by atoms with van der Waals surface area (Å²) in [6.07, 6.45) is 2.91. The maximum atomic E-state index is 4.67. The first-order chi connectivity index (χ1) is 11.3. The number of rotatable bonds is 2. The zero-order chi connectivity index (χ0) is 15.8. The summed E-state index contributed by atoms with van der Waals surface area (Å²) in [5.41, 5.74) is 6.43. The molecule has 0 aliphatic carbocycles. The van der Waals surface area contributed by atoms with Crippen LogP contribution in [0.2, 0.25) is 0 Å². The molecular weight excluding hydrogens is 278 g/mol. The fraction of sp³-hybridized carbons (Fsp3) is 0.136. The highest BCUT2D eigenvalue weighted by Crippen LogP contribution is 2.37. The van der Waals surface area contributed by atoms with Gasteiger partial charge in [0.25, 0.3) is 0 Å². The van der Waals surface area contributed by atoms with Crippen LogP contribution in [0.25, 0.3) is 32.8 Å². The van der Waals surface area contributed by atoms with Crippen molar-refractivity contribution in [2.45, 2.75) is 20.3 Å². The second-order valence-electron chi connectivity index (χ2n) is 6.00. The molecule has 0 fully saturated rings. The lowest BCUT2D eigenvalue weighted by molar-refractivity contribution is 1.12. The Kier molecular flexibility index (Phi) is 3.34. The van der Waals surface area contributed by atoms with Crippen molar-refractivity contribution < 1.29 is 0 Å². The molecular formula is C22H19N. The Morgan fingerprint density at radius 1 is 0.870 bits per heavy atom. The van der Waals surface area contributed by atoms with E-state index in [0.29, 0.717) is 0 Å².